The number of likely N-dealkylation sites (N-methyl/N-ethyl adjacent to an activating group) is 1. The Kier molecular flexibility index (Phi) is 3.71. The summed E-state index contributed by atoms with van der Waals surface area (Å²) in [5.41, 5.74) is 1.44. The van der Waals surface area contributed by atoms with Crippen LogP contribution in [0.1, 0.15) is 18.1 Å². The molecule has 0 bridgehead atoms. The van der Waals surface area contributed by atoms with Crippen molar-refractivity contribution >= 4 is 23.4 Å². The Morgan fingerprint density at radius 3 is 2.94 bits per heavy atom. The first-order valence-electron chi connectivity index (χ1n) is 5.48. The summed E-state index contributed by atoms with van der Waals surface area (Å²) in [4.78, 5) is 14.1. The lowest BCUT2D eigenvalue weighted by Gasteiger charge is -2.10. The van der Waals surface area contributed by atoms with E-state index in [-0.39, 0.29) is 12.5 Å². The second kappa shape index (κ2) is 5.08. The molecule has 0 spiro atoms. The Hall–Kier alpha value is -1.04. The zero-order valence-corrected chi connectivity index (χ0v) is 10.4. The second-order valence-corrected chi connectivity index (χ2v) is 5.11. The van der Waals surface area contributed by atoms with Crippen molar-refractivity contribution in [3.63, 3.8) is 0 Å². The molecule has 1 heterocycles. The monoisotopic (exact) mass is 253 g/mol. The molecule has 0 saturated heterocycles. The van der Waals surface area contributed by atoms with Crippen molar-refractivity contribution < 1.29 is 15.0 Å². The van der Waals surface area contributed by atoms with E-state index in [9.17, 15) is 9.90 Å². The van der Waals surface area contributed by atoms with Crippen molar-refractivity contribution in [1.29, 1.82) is 0 Å². The summed E-state index contributed by atoms with van der Waals surface area (Å²) in [7, 11) is 1.67. The Morgan fingerprint density at radius 1 is 1.47 bits per heavy atom. The summed E-state index contributed by atoms with van der Waals surface area (Å²) in [6.07, 6.45) is -0.273. The first-order valence-corrected chi connectivity index (χ1v) is 6.47. The summed E-state index contributed by atoms with van der Waals surface area (Å²) < 4.78 is 0. The van der Waals surface area contributed by atoms with Crippen LogP contribution < -0.4 is 4.90 Å². The highest BCUT2D eigenvalue weighted by Crippen LogP contribution is 2.37. The quantitative estimate of drug-likeness (QED) is 0.624. The minimum atomic E-state index is -1.02. The van der Waals surface area contributed by atoms with Crippen molar-refractivity contribution in [2.75, 3.05) is 24.3 Å². The predicted octanol–water partition coefficient (Wildman–Crippen LogP) is 1.17. The van der Waals surface area contributed by atoms with Crippen molar-refractivity contribution in [2.45, 2.75) is 17.4 Å². The lowest BCUT2D eigenvalue weighted by Crippen LogP contribution is -2.23. The molecule has 17 heavy (non-hydrogen) atoms. The fourth-order valence-corrected chi connectivity index (χ4v) is 2.69. The molecule has 1 aliphatic rings. The number of fused-ring (bicyclic) bond motifs is 1. The molecule has 0 aliphatic carbocycles. The Balaban J connectivity index is 2.18. The number of anilines is 1. The lowest BCUT2D eigenvalue weighted by molar-refractivity contribution is -0.125. The molecule has 0 aromatic heterocycles. The van der Waals surface area contributed by atoms with Gasteiger partial charge in [0, 0.05) is 29.9 Å². The van der Waals surface area contributed by atoms with Crippen molar-refractivity contribution in [3.05, 3.63) is 23.8 Å². The maximum Gasteiger partial charge on any atom is 0.260 e. The second-order valence-electron chi connectivity index (χ2n) is 3.95. The Labute approximate surface area is 104 Å². The summed E-state index contributed by atoms with van der Waals surface area (Å²) in [6, 6.07) is 5.60. The van der Waals surface area contributed by atoms with Gasteiger partial charge in [0.15, 0.2) is 6.10 Å². The summed E-state index contributed by atoms with van der Waals surface area (Å²) in [5, 5.41) is 18.4. The molecule has 5 heteroatoms. The largest absolute Gasteiger partial charge is 0.396 e. The highest BCUT2D eigenvalue weighted by Gasteiger charge is 2.33. The van der Waals surface area contributed by atoms with Gasteiger partial charge in [-0.1, -0.05) is 6.07 Å². The number of carbonyl (C=O) groups is 1. The van der Waals surface area contributed by atoms with E-state index in [0.29, 0.717) is 5.56 Å². The lowest BCUT2D eigenvalue weighted by atomic mass is 10.1. The van der Waals surface area contributed by atoms with Crippen molar-refractivity contribution in [3.8, 4) is 0 Å². The number of hydrogen-bond donors (Lipinski definition) is 2. The third-order valence-electron chi connectivity index (χ3n) is 2.79. The van der Waals surface area contributed by atoms with E-state index in [1.165, 1.54) is 4.90 Å². The van der Waals surface area contributed by atoms with Crippen LogP contribution in [0.15, 0.2) is 23.1 Å². The maximum absolute atomic E-state index is 11.6. The van der Waals surface area contributed by atoms with Gasteiger partial charge in [0.05, 0.1) is 5.69 Å². The minimum absolute atomic E-state index is 0.190. The van der Waals surface area contributed by atoms with Crippen LogP contribution in [0.25, 0.3) is 0 Å². The Bertz CT molecular complexity index is 436. The molecule has 1 aromatic rings. The standard InChI is InChI=1S/C12H15NO3S/c1-13-10-7-8(17-6-2-5-14)3-4-9(10)11(15)12(13)16/h3-4,7,11,14-15H,2,5-6H2,1H3. The number of aliphatic hydroxyl groups excluding tert-OH is 2. The van der Waals surface area contributed by atoms with Crippen molar-refractivity contribution in [1.82, 2.24) is 0 Å². The van der Waals surface area contributed by atoms with Gasteiger partial charge in [-0.15, -0.1) is 11.8 Å². The molecule has 1 atom stereocenters. The van der Waals surface area contributed by atoms with Gasteiger partial charge in [-0.25, -0.2) is 0 Å². The number of thioether (sulfide) groups is 1. The van der Waals surface area contributed by atoms with Gasteiger partial charge >= 0.3 is 0 Å². The summed E-state index contributed by atoms with van der Waals surface area (Å²) >= 11 is 1.64. The van der Waals surface area contributed by atoms with Crippen LogP contribution in [-0.4, -0.2) is 35.5 Å². The molecule has 1 unspecified atom stereocenters. The SMILES string of the molecule is CN1C(=O)C(O)c2ccc(SCCCO)cc21. The van der Waals surface area contributed by atoms with Crippen LogP contribution in [0.4, 0.5) is 5.69 Å². The van der Waals surface area contributed by atoms with E-state index in [2.05, 4.69) is 0 Å². The number of amides is 1. The highest BCUT2D eigenvalue weighted by atomic mass is 32.2. The minimum Gasteiger partial charge on any atom is -0.396 e. The summed E-state index contributed by atoms with van der Waals surface area (Å²) in [6.45, 7) is 0.190. The summed E-state index contributed by atoms with van der Waals surface area (Å²) in [5.74, 6) is 0.563. The number of carbonyl (C=O) groups excluding carboxylic acids is 1. The van der Waals surface area contributed by atoms with E-state index in [1.54, 1.807) is 24.9 Å². The zero-order chi connectivity index (χ0) is 12.4. The number of hydrogen-bond acceptors (Lipinski definition) is 4. The van der Waals surface area contributed by atoms with Crippen LogP contribution in [-0.2, 0) is 4.79 Å². The van der Waals surface area contributed by atoms with Gasteiger partial charge in [-0.05, 0) is 18.6 Å². The number of rotatable bonds is 4. The third kappa shape index (κ3) is 2.31. The molecule has 92 valence electrons. The molecule has 1 aliphatic heterocycles. The number of nitrogens with zero attached hydrogens (tertiary/aromatic N) is 1. The van der Waals surface area contributed by atoms with Crippen LogP contribution >= 0.6 is 11.8 Å². The molecule has 2 rings (SSSR count). The molecule has 0 fully saturated rings. The molecule has 2 N–H and O–H groups in total. The average molecular weight is 253 g/mol. The van der Waals surface area contributed by atoms with E-state index in [4.69, 9.17) is 5.11 Å². The zero-order valence-electron chi connectivity index (χ0n) is 9.59. The molecule has 4 nitrogen and oxygen atoms in total. The fourth-order valence-electron chi connectivity index (χ4n) is 1.82. The van der Waals surface area contributed by atoms with E-state index >= 15 is 0 Å². The molecule has 1 aromatic carbocycles. The van der Waals surface area contributed by atoms with Gasteiger partial charge in [-0.2, -0.15) is 0 Å². The van der Waals surface area contributed by atoms with Crippen LogP contribution in [0.5, 0.6) is 0 Å². The average Bonchev–Trinajstić information content (AvgIpc) is 2.55. The molecular weight excluding hydrogens is 238 g/mol. The van der Waals surface area contributed by atoms with E-state index in [1.807, 2.05) is 12.1 Å². The predicted molar refractivity (Wildman–Crippen MR) is 67.2 cm³/mol. The smallest absolute Gasteiger partial charge is 0.260 e. The molecule has 1 amide bonds. The molecule has 0 saturated carbocycles. The van der Waals surface area contributed by atoms with Gasteiger partial charge in [0.2, 0.25) is 0 Å². The first-order chi connectivity index (χ1) is 8.15. The van der Waals surface area contributed by atoms with E-state index in [0.717, 1.165) is 22.8 Å². The van der Waals surface area contributed by atoms with Crippen LogP contribution in [0.3, 0.4) is 0 Å². The van der Waals surface area contributed by atoms with Gasteiger partial charge in [0.25, 0.3) is 5.91 Å². The van der Waals surface area contributed by atoms with E-state index < -0.39 is 6.10 Å². The first kappa shape index (κ1) is 12.4. The van der Waals surface area contributed by atoms with Gasteiger partial charge in [-0.3, -0.25) is 4.79 Å². The fraction of sp³-hybridized carbons (Fsp3) is 0.417. The van der Waals surface area contributed by atoms with Gasteiger partial charge < -0.3 is 15.1 Å². The maximum atomic E-state index is 11.6. The van der Waals surface area contributed by atoms with Crippen molar-refractivity contribution in [2.24, 2.45) is 0 Å². The Morgan fingerprint density at radius 2 is 2.24 bits per heavy atom. The number of benzene rings is 1. The topological polar surface area (TPSA) is 60.8 Å². The number of aliphatic hydroxyl groups is 2. The third-order valence-corrected chi connectivity index (χ3v) is 3.87. The molecule has 0 radical (unpaired) electrons. The highest BCUT2D eigenvalue weighted by molar-refractivity contribution is 7.99. The van der Waals surface area contributed by atoms with Gasteiger partial charge in [0.1, 0.15) is 0 Å². The normalized spacial score (nSPS) is 18.6. The molecular formula is C12H15NO3S. The van der Waals surface area contributed by atoms with Crippen LogP contribution in [0, 0.1) is 0 Å². The van der Waals surface area contributed by atoms with Crippen LogP contribution in [0.2, 0.25) is 0 Å².